The molecule has 0 fully saturated rings. The van der Waals surface area contributed by atoms with Gasteiger partial charge in [-0.15, -0.1) is 0 Å². The van der Waals surface area contributed by atoms with Crippen LogP contribution in [0.15, 0.2) is 33.3 Å². The molecule has 2 aromatic rings. The Morgan fingerprint density at radius 3 is 2.67 bits per heavy atom. The monoisotopic (exact) mass is 373 g/mol. The highest BCUT2D eigenvalue weighted by molar-refractivity contribution is 9.10. The summed E-state index contributed by atoms with van der Waals surface area (Å²) in [4.78, 5) is 4.15. The number of hydrogen-bond donors (Lipinski definition) is 2. The number of nitrogen functional groups attached to an aromatic ring is 1. The number of nitrogens with zero attached hydrogens (tertiary/aromatic N) is 1. The van der Waals surface area contributed by atoms with Crippen LogP contribution in [0.5, 0.6) is 0 Å². The lowest BCUT2D eigenvalue weighted by Crippen LogP contribution is -2.01. The molecule has 0 bridgehead atoms. The van der Waals surface area contributed by atoms with Crippen LogP contribution >= 0.6 is 31.9 Å². The molecule has 0 aliphatic carbocycles. The summed E-state index contributed by atoms with van der Waals surface area (Å²) in [5.41, 5.74) is 7.85. The molecule has 1 aromatic carbocycles. The highest BCUT2D eigenvalue weighted by Crippen LogP contribution is 2.28. The van der Waals surface area contributed by atoms with Crippen molar-refractivity contribution in [2.45, 2.75) is 6.92 Å². The minimum Gasteiger partial charge on any atom is -0.396 e. The van der Waals surface area contributed by atoms with Gasteiger partial charge in [0.15, 0.2) is 5.82 Å². The van der Waals surface area contributed by atoms with Crippen molar-refractivity contribution in [2.75, 3.05) is 11.1 Å². The van der Waals surface area contributed by atoms with Gasteiger partial charge < -0.3 is 11.1 Å². The first kappa shape index (κ1) is 13.3. The van der Waals surface area contributed by atoms with Crippen molar-refractivity contribution in [2.24, 2.45) is 0 Å². The van der Waals surface area contributed by atoms with E-state index in [1.165, 1.54) is 6.07 Å². The number of rotatable bonds is 2. The first-order valence-corrected chi connectivity index (χ1v) is 6.69. The van der Waals surface area contributed by atoms with Crippen LogP contribution in [0.4, 0.5) is 21.6 Å². The molecule has 6 heteroatoms. The van der Waals surface area contributed by atoms with Crippen molar-refractivity contribution in [1.29, 1.82) is 0 Å². The third-order valence-electron chi connectivity index (χ3n) is 2.40. The van der Waals surface area contributed by atoms with Crippen LogP contribution in [0, 0.1) is 12.7 Å². The molecule has 0 aliphatic heterocycles. The van der Waals surface area contributed by atoms with Gasteiger partial charge in [-0.25, -0.2) is 9.37 Å². The zero-order valence-corrected chi connectivity index (χ0v) is 12.6. The number of nitrogens with two attached hydrogens (primary N) is 1. The zero-order chi connectivity index (χ0) is 13.3. The molecule has 18 heavy (non-hydrogen) atoms. The summed E-state index contributed by atoms with van der Waals surface area (Å²) >= 11 is 6.42. The normalized spacial score (nSPS) is 10.4. The largest absolute Gasteiger partial charge is 0.396 e. The number of hydrogen-bond acceptors (Lipinski definition) is 3. The van der Waals surface area contributed by atoms with Crippen molar-refractivity contribution >= 4 is 49.1 Å². The number of aromatic nitrogens is 1. The summed E-state index contributed by atoms with van der Waals surface area (Å²) in [5, 5.41) is 3.02. The second-order valence-electron chi connectivity index (χ2n) is 3.80. The average Bonchev–Trinajstić information content (AvgIpc) is 2.29. The highest BCUT2D eigenvalue weighted by Gasteiger charge is 2.08. The lowest BCUT2D eigenvalue weighted by Gasteiger charge is -2.11. The number of aryl methyl sites for hydroxylation is 1. The molecule has 0 atom stereocenters. The van der Waals surface area contributed by atoms with E-state index in [0.29, 0.717) is 21.7 Å². The van der Waals surface area contributed by atoms with Gasteiger partial charge in [-0.2, -0.15) is 0 Å². The summed E-state index contributed by atoms with van der Waals surface area (Å²) in [6.07, 6.45) is 1.63. The predicted octanol–water partition coefficient (Wildman–Crippen LogP) is 4.38. The summed E-state index contributed by atoms with van der Waals surface area (Å²) in [6.45, 7) is 1.88. The molecule has 3 N–H and O–H groups in total. The van der Waals surface area contributed by atoms with Crippen molar-refractivity contribution in [3.05, 3.63) is 44.7 Å². The van der Waals surface area contributed by atoms with E-state index < -0.39 is 0 Å². The molecule has 3 nitrogen and oxygen atoms in total. The first-order chi connectivity index (χ1) is 8.47. The van der Waals surface area contributed by atoms with E-state index in [1.807, 2.05) is 6.92 Å². The lowest BCUT2D eigenvalue weighted by atomic mass is 10.2. The number of pyridine rings is 1. The molecule has 0 aliphatic rings. The Kier molecular flexibility index (Phi) is 3.87. The summed E-state index contributed by atoms with van der Waals surface area (Å²) in [7, 11) is 0. The summed E-state index contributed by atoms with van der Waals surface area (Å²) in [5.74, 6) is 0.168. The molecule has 0 saturated carbocycles. The lowest BCUT2D eigenvalue weighted by molar-refractivity contribution is 0.621. The fraction of sp³-hybridized carbons (Fsp3) is 0.0833. The molecule has 2 rings (SSSR count). The van der Waals surface area contributed by atoms with Crippen molar-refractivity contribution in [1.82, 2.24) is 4.98 Å². The maximum atomic E-state index is 13.5. The predicted molar refractivity (Wildman–Crippen MR) is 78.5 cm³/mol. The third-order valence-corrected chi connectivity index (χ3v) is 3.45. The first-order valence-electron chi connectivity index (χ1n) is 5.11. The van der Waals surface area contributed by atoms with Gasteiger partial charge in [-0.1, -0.05) is 0 Å². The average molecular weight is 375 g/mol. The molecule has 0 radical (unpaired) electrons. The highest BCUT2D eigenvalue weighted by atomic mass is 79.9. The maximum Gasteiger partial charge on any atom is 0.153 e. The van der Waals surface area contributed by atoms with Crippen LogP contribution in [0.25, 0.3) is 0 Å². The number of halogens is 3. The zero-order valence-electron chi connectivity index (χ0n) is 9.47. The molecular weight excluding hydrogens is 365 g/mol. The van der Waals surface area contributed by atoms with Crippen LogP contribution in [-0.4, -0.2) is 4.98 Å². The minimum atomic E-state index is -0.334. The molecule has 0 saturated heterocycles. The van der Waals surface area contributed by atoms with Crippen LogP contribution in [-0.2, 0) is 0 Å². The minimum absolute atomic E-state index is 0.334. The fourth-order valence-electron chi connectivity index (χ4n) is 1.47. The SMILES string of the molecule is Cc1cc(Br)c(F)cc1Nc1ncc(Br)cc1N. The summed E-state index contributed by atoms with van der Waals surface area (Å²) < 4.78 is 14.7. The second kappa shape index (κ2) is 5.24. The van der Waals surface area contributed by atoms with Crippen molar-refractivity contribution < 1.29 is 4.39 Å². The summed E-state index contributed by atoms with van der Waals surface area (Å²) in [6, 6.07) is 4.84. The van der Waals surface area contributed by atoms with E-state index in [4.69, 9.17) is 5.73 Å². The maximum absolute atomic E-state index is 13.5. The van der Waals surface area contributed by atoms with Gasteiger partial charge in [0.1, 0.15) is 5.82 Å². The number of nitrogens with one attached hydrogen (secondary N) is 1. The molecule has 0 amide bonds. The topological polar surface area (TPSA) is 50.9 Å². The Hall–Kier alpha value is -1.14. The van der Waals surface area contributed by atoms with Gasteiger partial charge in [0.25, 0.3) is 0 Å². The third kappa shape index (κ3) is 2.81. The second-order valence-corrected chi connectivity index (χ2v) is 5.57. The molecule has 94 valence electrons. The van der Waals surface area contributed by atoms with Crippen molar-refractivity contribution in [3.63, 3.8) is 0 Å². The Labute approximate surface area is 121 Å². The van der Waals surface area contributed by atoms with Gasteiger partial charge in [0, 0.05) is 16.4 Å². The molecule has 1 heterocycles. The molecule has 1 aromatic heterocycles. The van der Waals surface area contributed by atoms with Crippen molar-refractivity contribution in [3.8, 4) is 0 Å². The van der Waals surface area contributed by atoms with E-state index in [-0.39, 0.29) is 5.82 Å². The molecular formula is C12H10Br2FN3. The molecule has 0 unspecified atom stereocenters. The number of anilines is 3. The van der Waals surface area contributed by atoms with E-state index in [9.17, 15) is 4.39 Å². The quantitative estimate of drug-likeness (QED) is 0.820. The van der Waals surface area contributed by atoms with E-state index >= 15 is 0 Å². The van der Waals surface area contributed by atoms with E-state index in [0.717, 1.165) is 10.0 Å². The van der Waals surface area contributed by atoms with Gasteiger partial charge in [-0.3, -0.25) is 0 Å². The Bertz CT molecular complexity index is 602. The van der Waals surface area contributed by atoms with Gasteiger partial charge in [-0.05, 0) is 62.5 Å². The molecule has 0 spiro atoms. The Balaban J connectivity index is 2.37. The van der Waals surface area contributed by atoms with Gasteiger partial charge in [0.05, 0.1) is 10.2 Å². The standard InChI is InChI=1S/C12H10Br2FN3/c1-6-2-8(14)9(15)4-11(6)18-12-10(16)3-7(13)5-17-12/h2-5H,16H2,1H3,(H,17,18). The van der Waals surface area contributed by atoms with E-state index in [2.05, 4.69) is 42.2 Å². The van der Waals surface area contributed by atoms with E-state index in [1.54, 1.807) is 18.3 Å². The van der Waals surface area contributed by atoms with Crippen LogP contribution in [0.1, 0.15) is 5.56 Å². The van der Waals surface area contributed by atoms with Crippen LogP contribution < -0.4 is 11.1 Å². The fourth-order valence-corrected chi connectivity index (χ4v) is 2.27. The number of benzene rings is 1. The van der Waals surface area contributed by atoms with Crippen LogP contribution in [0.2, 0.25) is 0 Å². The smallest absolute Gasteiger partial charge is 0.153 e. The Morgan fingerprint density at radius 1 is 1.28 bits per heavy atom. The van der Waals surface area contributed by atoms with Crippen LogP contribution in [0.3, 0.4) is 0 Å². The van der Waals surface area contributed by atoms with Gasteiger partial charge in [0.2, 0.25) is 0 Å². The Morgan fingerprint density at radius 2 is 2.00 bits per heavy atom. The van der Waals surface area contributed by atoms with Gasteiger partial charge >= 0.3 is 0 Å².